The van der Waals surface area contributed by atoms with Crippen molar-refractivity contribution < 1.29 is 4.52 Å². The van der Waals surface area contributed by atoms with Crippen LogP contribution in [0.1, 0.15) is 0 Å². The van der Waals surface area contributed by atoms with Crippen LogP contribution >= 0.6 is 31.9 Å². The second-order valence-electron chi connectivity index (χ2n) is 4.17. The molecule has 4 nitrogen and oxygen atoms in total. The Labute approximate surface area is 132 Å². The van der Waals surface area contributed by atoms with Crippen molar-refractivity contribution in [3.63, 3.8) is 0 Å². The Kier molecular flexibility index (Phi) is 3.58. The quantitative estimate of drug-likeness (QED) is 0.649. The average Bonchev–Trinajstić information content (AvgIpc) is 2.88. The van der Waals surface area contributed by atoms with E-state index in [0.717, 1.165) is 20.1 Å². The summed E-state index contributed by atoms with van der Waals surface area (Å²) in [5, 5.41) is 3.99. The smallest absolute Gasteiger partial charge is 0.259 e. The average molecular weight is 395 g/mol. The Hall–Kier alpha value is -1.66. The van der Waals surface area contributed by atoms with E-state index in [9.17, 15) is 0 Å². The molecule has 2 aromatic carbocycles. The molecule has 6 heteroatoms. The molecule has 20 heavy (non-hydrogen) atoms. The molecule has 3 aromatic rings. The lowest BCUT2D eigenvalue weighted by molar-refractivity contribution is 0.432. The number of nitrogens with two attached hydrogens (primary N) is 1. The van der Waals surface area contributed by atoms with Crippen LogP contribution in [0.4, 0.5) is 5.69 Å². The number of halogens is 2. The summed E-state index contributed by atoms with van der Waals surface area (Å²) in [5.41, 5.74) is 8.09. The van der Waals surface area contributed by atoms with Crippen LogP contribution in [-0.2, 0) is 0 Å². The Bertz CT molecular complexity index is 771. The van der Waals surface area contributed by atoms with E-state index in [1.807, 2.05) is 42.5 Å². The van der Waals surface area contributed by atoms with Gasteiger partial charge in [0.1, 0.15) is 0 Å². The molecule has 3 rings (SSSR count). The van der Waals surface area contributed by atoms with Crippen LogP contribution in [-0.4, -0.2) is 10.1 Å². The fourth-order valence-electron chi connectivity index (χ4n) is 1.79. The molecule has 1 heterocycles. The molecule has 0 aliphatic carbocycles. The van der Waals surface area contributed by atoms with Crippen molar-refractivity contribution >= 4 is 37.5 Å². The first kappa shape index (κ1) is 13.3. The van der Waals surface area contributed by atoms with Gasteiger partial charge in [0, 0.05) is 20.2 Å². The van der Waals surface area contributed by atoms with Crippen LogP contribution < -0.4 is 5.73 Å². The number of hydrogen-bond donors (Lipinski definition) is 1. The van der Waals surface area contributed by atoms with Gasteiger partial charge >= 0.3 is 0 Å². The highest BCUT2D eigenvalue weighted by Gasteiger charge is 2.13. The second-order valence-corrected chi connectivity index (χ2v) is 5.94. The van der Waals surface area contributed by atoms with Gasteiger partial charge in [-0.3, -0.25) is 0 Å². The molecule has 0 saturated carbocycles. The first-order valence-corrected chi connectivity index (χ1v) is 7.37. The fraction of sp³-hybridized carbons (Fsp3) is 0. The summed E-state index contributed by atoms with van der Waals surface area (Å²) < 4.78 is 7.18. The third-order valence-corrected chi connectivity index (χ3v) is 3.88. The van der Waals surface area contributed by atoms with Gasteiger partial charge in [0.2, 0.25) is 5.82 Å². The van der Waals surface area contributed by atoms with E-state index in [4.69, 9.17) is 10.3 Å². The molecule has 100 valence electrons. The van der Waals surface area contributed by atoms with Crippen LogP contribution in [0.15, 0.2) is 55.9 Å². The number of nitrogens with zero attached hydrogens (tertiary/aromatic N) is 2. The monoisotopic (exact) mass is 393 g/mol. The van der Waals surface area contributed by atoms with E-state index in [2.05, 4.69) is 42.0 Å². The van der Waals surface area contributed by atoms with E-state index in [-0.39, 0.29) is 0 Å². The molecular formula is C14H9Br2N3O. The number of aromatic nitrogens is 2. The van der Waals surface area contributed by atoms with Crippen molar-refractivity contribution in [2.45, 2.75) is 0 Å². The predicted octanol–water partition coefficient (Wildman–Crippen LogP) is 4.51. The number of nitrogen functional groups attached to an aromatic ring is 1. The Morgan fingerprint density at radius 3 is 2.65 bits per heavy atom. The van der Waals surface area contributed by atoms with Crippen molar-refractivity contribution in [1.29, 1.82) is 0 Å². The highest BCUT2D eigenvalue weighted by atomic mass is 79.9. The van der Waals surface area contributed by atoms with Crippen molar-refractivity contribution in [2.75, 3.05) is 5.73 Å². The van der Waals surface area contributed by atoms with Crippen molar-refractivity contribution in [1.82, 2.24) is 10.1 Å². The minimum Gasteiger partial charge on any atom is -0.399 e. The first-order chi connectivity index (χ1) is 9.63. The molecule has 0 fully saturated rings. The second kappa shape index (κ2) is 5.38. The Morgan fingerprint density at radius 1 is 1.05 bits per heavy atom. The maximum atomic E-state index is 5.76. The number of benzene rings is 2. The van der Waals surface area contributed by atoms with E-state index < -0.39 is 0 Å². The molecule has 0 unspecified atom stereocenters. The van der Waals surface area contributed by atoms with Gasteiger partial charge in [0.25, 0.3) is 5.89 Å². The molecule has 0 saturated heterocycles. The van der Waals surface area contributed by atoms with Gasteiger partial charge in [-0.25, -0.2) is 0 Å². The summed E-state index contributed by atoms with van der Waals surface area (Å²) >= 11 is 6.89. The maximum absolute atomic E-state index is 5.76. The van der Waals surface area contributed by atoms with E-state index in [0.29, 0.717) is 17.4 Å². The van der Waals surface area contributed by atoms with Crippen molar-refractivity contribution in [2.24, 2.45) is 0 Å². The van der Waals surface area contributed by atoms with Crippen molar-refractivity contribution in [3.05, 3.63) is 51.4 Å². The zero-order chi connectivity index (χ0) is 14.1. The molecule has 0 radical (unpaired) electrons. The molecule has 0 amide bonds. The Morgan fingerprint density at radius 2 is 1.90 bits per heavy atom. The van der Waals surface area contributed by atoms with Gasteiger partial charge in [-0.1, -0.05) is 33.2 Å². The first-order valence-electron chi connectivity index (χ1n) is 5.78. The normalized spacial score (nSPS) is 10.7. The van der Waals surface area contributed by atoms with Crippen LogP contribution in [0.5, 0.6) is 0 Å². The van der Waals surface area contributed by atoms with Crippen molar-refractivity contribution in [3.8, 4) is 22.8 Å². The van der Waals surface area contributed by atoms with Crippen LogP contribution in [0.25, 0.3) is 22.8 Å². The summed E-state index contributed by atoms with van der Waals surface area (Å²) in [6, 6.07) is 13.1. The molecule has 0 atom stereocenters. The van der Waals surface area contributed by atoms with Crippen LogP contribution in [0, 0.1) is 0 Å². The maximum Gasteiger partial charge on any atom is 0.259 e. The lowest BCUT2D eigenvalue weighted by atomic mass is 10.2. The minimum absolute atomic E-state index is 0.460. The number of hydrogen-bond acceptors (Lipinski definition) is 4. The largest absolute Gasteiger partial charge is 0.399 e. The Balaban J connectivity index is 2.02. The minimum atomic E-state index is 0.460. The molecule has 0 aliphatic rings. The summed E-state index contributed by atoms with van der Waals surface area (Å²) in [7, 11) is 0. The summed E-state index contributed by atoms with van der Waals surface area (Å²) in [5.74, 6) is 0.976. The van der Waals surface area contributed by atoms with Gasteiger partial charge in [-0.15, -0.1) is 0 Å². The fourth-order valence-corrected chi connectivity index (χ4v) is 3.01. The van der Waals surface area contributed by atoms with Crippen LogP contribution in [0.3, 0.4) is 0 Å². The van der Waals surface area contributed by atoms with Gasteiger partial charge in [-0.2, -0.15) is 4.98 Å². The zero-order valence-corrected chi connectivity index (χ0v) is 13.3. The lowest BCUT2D eigenvalue weighted by Gasteiger charge is -1.99. The molecule has 0 bridgehead atoms. The molecule has 0 aliphatic heterocycles. The topological polar surface area (TPSA) is 64.9 Å². The predicted molar refractivity (Wildman–Crippen MR) is 85.0 cm³/mol. The SMILES string of the molecule is Nc1cccc(-c2noc(-c3ccc(Br)cc3Br)n2)c1. The van der Waals surface area contributed by atoms with Gasteiger partial charge in [-0.05, 0) is 46.3 Å². The summed E-state index contributed by atoms with van der Waals surface area (Å²) in [6.07, 6.45) is 0. The molecular weight excluding hydrogens is 386 g/mol. The highest BCUT2D eigenvalue weighted by Crippen LogP contribution is 2.31. The highest BCUT2D eigenvalue weighted by molar-refractivity contribution is 9.11. The van der Waals surface area contributed by atoms with Crippen LogP contribution in [0.2, 0.25) is 0 Å². The third-order valence-electron chi connectivity index (χ3n) is 2.73. The van der Waals surface area contributed by atoms with Gasteiger partial charge < -0.3 is 10.3 Å². The van der Waals surface area contributed by atoms with E-state index in [1.165, 1.54) is 0 Å². The van der Waals surface area contributed by atoms with E-state index >= 15 is 0 Å². The molecule has 0 spiro atoms. The van der Waals surface area contributed by atoms with Gasteiger partial charge in [0.05, 0.1) is 5.56 Å². The molecule has 2 N–H and O–H groups in total. The zero-order valence-electron chi connectivity index (χ0n) is 10.2. The standard InChI is InChI=1S/C14H9Br2N3O/c15-9-4-5-11(12(16)7-9)14-18-13(19-20-14)8-2-1-3-10(17)6-8/h1-7H,17H2. The summed E-state index contributed by atoms with van der Waals surface area (Å²) in [4.78, 5) is 4.40. The number of rotatable bonds is 2. The number of anilines is 1. The third kappa shape index (κ3) is 2.62. The van der Waals surface area contributed by atoms with E-state index in [1.54, 1.807) is 0 Å². The lowest BCUT2D eigenvalue weighted by Crippen LogP contribution is -1.86. The van der Waals surface area contributed by atoms with Gasteiger partial charge in [0.15, 0.2) is 0 Å². The summed E-state index contributed by atoms with van der Waals surface area (Å²) in [6.45, 7) is 0. The molecule has 1 aromatic heterocycles.